The standard InChI is InChI=1S/C14H16N2O3S/c1-9(20-3)12-13(18)16(11-7-5-4-6-8-11)14(19)15(12)10(2)17/h4-9,12H,1-3H3. The lowest BCUT2D eigenvalue weighted by molar-refractivity contribution is -0.131. The summed E-state index contributed by atoms with van der Waals surface area (Å²) in [7, 11) is 0. The fourth-order valence-corrected chi connectivity index (χ4v) is 2.74. The number of hydrogen-bond donors (Lipinski definition) is 0. The Bertz CT molecular complexity index is 547. The number of hydrogen-bond acceptors (Lipinski definition) is 4. The molecular formula is C14H16N2O3S. The van der Waals surface area contributed by atoms with Gasteiger partial charge in [0.2, 0.25) is 5.91 Å². The molecule has 20 heavy (non-hydrogen) atoms. The molecule has 1 heterocycles. The summed E-state index contributed by atoms with van der Waals surface area (Å²) in [4.78, 5) is 38.8. The van der Waals surface area contributed by atoms with Crippen molar-refractivity contribution in [1.29, 1.82) is 0 Å². The topological polar surface area (TPSA) is 57.7 Å². The molecule has 1 saturated heterocycles. The van der Waals surface area contributed by atoms with Crippen molar-refractivity contribution in [3.63, 3.8) is 0 Å². The van der Waals surface area contributed by atoms with E-state index in [9.17, 15) is 14.4 Å². The van der Waals surface area contributed by atoms with Crippen molar-refractivity contribution in [2.24, 2.45) is 0 Å². The van der Waals surface area contributed by atoms with Crippen LogP contribution in [0.5, 0.6) is 0 Å². The maximum atomic E-state index is 12.5. The number of nitrogens with zero attached hydrogens (tertiary/aromatic N) is 2. The number of anilines is 1. The summed E-state index contributed by atoms with van der Waals surface area (Å²) >= 11 is 1.45. The molecule has 1 aliphatic rings. The third kappa shape index (κ3) is 2.31. The van der Waals surface area contributed by atoms with Gasteiger partial charge in [0.15, 0.2) is 0 Å². The molecule has 1 aliphatic heterocycles. The lowest BCUT2D eigenvalue weighted by Gasteiger charge is -2.22. The van der Waals surface area contributed by atoms with Crippen LogP contribution in [-0.2, 0) is 9.59 Å². The molecule has 1 aromatic rings. The maximum Gasteiger partial charge on any atom is 0.338 e. The third-order valence-electron chi connectivity index (χ3n) is 3.32. The summed E-state index contributed by atoms with van der Waals surface area (Å²) in [6, 6.07) is 7.35. The van der Waals surface area contributed by atoms with Crippen LogP contribution in [0.3, 0.4) is 0 Å². The Labute approximate surface area is 121 Å². The van der Waals surface area contributed by atoms with E-state index in [-0.39, 0.29) is 11.2 Å². The highest BCUT2D eigenvalue weighted by molar-refractivity contribution is 7.99. The molecule has 4 amide bonds. The highest BCUT2D eigenvalue weighted by Gasteiger charge is 2.50. The van der Waals surface area contributed by atoms with Crippen molar-refractivity contribution >= 4 is 35.3 Å². The summed E-state index contributed by atoms with van der Waals surface area (Å²) < 4.78 is 0. The van der Waals surface area contributed by atoms with Gasteiger partial charge >= 0.3 is 6.03 Å². The van der Waals surface area contributed by atoms with E-state index in [1.165, 1.54) is 18.7 Å². The van der Waals surface area contributed by atoms with Crippen LogP contribution in [0.25, 0.3) is 0 Å². The molecule has 0 saturated carbocycles. The normalized spacial score (nSPS) is 20.4. The minimum atomic E-state index is -0.741. The Morgan fingerprint density at radius 2 is 1.85 bits per heavy atom. The van der Waals surface area contributed by atoms with Crippen LogP contribution in [0.15, 0.2) is 30.3 Å². The van der Waals surface area contributed by atoms with Crippen molar-refractivity contribution in [3.8, 4) is 0 Å². The zero-order chi connectivity index (χ0) is 14.9. The first-order chi connectivity index (χ1) is 9.49. The Morgan fingerprint density at radius 1 is 1.25 bits per heavy atom. The average molecular weight is 292 g/mol. The zero-order valence-corrected chi connectivity index (χ0v) is 12.4. The fraction of sp³-hybridized carbons (Fsp3) is 0.357. The highest BCUT2D eigenvalue weighted by atomic mass is 32.2. The summed E-state index contributed by atoms with van der Waals surface area (Å²) in [5.41, 5.74) is 0.490. The van der Waals surface area contributed by atoms with Gasteiger partial charge in [-0.1, -0.05) is 25.1 Å². The van der Waals surface area contributed by atoms with Gasteiger partial charge in [-0.2, -0.15) is 11.8 Å². The van der Waals surface area contributed by atoms with Gasteiger partial charge in [-0.3, -0.25) is 9.59 Å². The van der Waals surface area contributed by atoms with Crippen molar-refractivity contribution in [1.82, 2.24) is 4.90 Å². The number of urea groups is 1. The average Bonchev–Trinajstić information content (AvgIpc) is 2.70. The Hall–Kier alpha value is -1.82. The minimum absolute atomic E-state index is 0.149. The lowest BCUT2D eigenvalue weighted by Crippen LogP contribution is -2.43. The summed E-state index contributed by atoms with van der Waals surface area (Å²) in [6.45, 7) is 3.14. The van der Waals surface area contributed by atoms with Crippen LogP contribution in [0.4, 0.5) is 10.5 Å². The molecule has 0 aliphatic carbocycles. The van der Waals surface area contributed by atoms with Gasteiger partial charge in [0, 0.05) is 12.2 Å². The SMILES string of the molecule is CSC(C)C1C(=O)N(c2ccccc2)C(=O)N1C(C)=O. The predicted octanol–water partition coefficient (Wildman–Crippen LogP) is 2.12. The molecule has 5 nitrogen and oxygen atoms in total. The van der Waals surface area contributed by atoms with Gasteiger partial charge in [0.05, 0.1) is 5.69 Å². The number of imide groups is 2. The molecule has 6 heteroatoms. The predicted molar refractivity (Wildman–Crippen MR) is 78.6 cm³/mol. The first-order valence-corrected chi connectivity index (χ1v) is 7.53. The van der Waals surface area contributed by atoms with Crippen LogP contribution in [0.2, 0.25) is 0 Å². The van der Waals surface area contributed by atoms with Crippen molar-refractivity contribution in [2.45, 2.75) is 25.1 Å². The first kappa shape index (κ1) is 14.6. The molecular weight excluding hydrogens is 276 g/mol. The van der Waals surface area contributed by atoms with Gasteiger partial charge in [0.1, 0.15) is 6.04 Å². The molecule has 1 fully saturated rings. The van der Waals surface area contributed by atoms with E-state index in [2.05, 4.69) is 0 Å². The van der Waals surface area contributed by atoms with Crippen LogP contribution in [-0.4, -0.2) is 40.3 Å². The van der Waals surface area contributed by atoms with Gasteiger partial charge in [0.25, 0.3) is 5.91 Å². The van der Waals surface area contributed by atoms with Gasteiger partial charge < -0.3 is 0 Å². The van der Waals surface area contributed by atoms with Crippen molar-refractivity contribution in [3.05, 3.63) is 30.3 Å². The Kier molecular flexibility index (Phi) is 4.13. The van der Waals surface area contributed by atoms with E-state index in [0.717, 1.165) is 9.80 Å². The van der Waals surface area contributed by atoms with Crippen LogP contribution < -0.4 is 4.90 Å². The number of benzene rings is 1. The van der Waals surface area contributed by atoms with E-state index in [1.807, 2.05) is 13.2 Å². The number of amides is 4. The number of para-hydroxylation sites is 1. The van der Waals surface area contributed by atoms with Crippen LogP contribution in [0, 0.1) is 0 Å². The smallest absolute Gasteiger partial charge is 0.275 e. The molecule has 0 aromatic heterocycles. The molecule has 1 aromatic carbocycles. The van der Waals surface area contributed by atoms with Gasteiger partial charge in [-0.15, -0.1) is 0 Å². The number of rotatable bonds is 3. The minimum Gasteiger partial charge on any atom is -0.275 e. The van der Waals surface area contributed by atoms with E-state index in [0.29, 0.717) is 5.69 Å². The second-order valence-electron chi connectivity index (χ2n) is 4.57. The van der Waals surface area contributed by atoms with Crippen molar-refractivity contribution in [2.75, 3.05) is 11.2 Å². The molecule has 0 bridgehead atoms. The number of carbonyl (C=O) groups is 3. The fourth-order valence-electron chi connectivity index (χ4n) is 2.25. The quantitative estimate of drug-likeness (QED) is 0.801. The number of thioether (sulfide) groups is 1. The largest absolute Gasteiger partial charge is 0.338 e. The van der Waals surface area contributed by atoms with Gasteiger partial charge in [-0.25, -0.2) is 14.6 Å². The highest BCUT2D eigenvalue weighted by Crippen LogP contribution is 2.29. The Morgan fingerprint density at radius 3 is 2.35 bits per heavy atom. The second kappa shape index (κ2) is 5.66. The molecule has 2 rings (SSSR count). The monoisotopic (exact) mass is 292 g/mol. The van der Waals surface area contributed by atoms with Crippen LogP contribution >= 0.6 is 11.8 Å². The molecule has 2 atom stereocenters. The zero-order valence-electron chi connectivity index (χ0n) is 11.6. The van der Waals surface area contributed by atoms with E-state index in [4.69, 9.17) is 0 Å². The third-order valence-corrected chi connectivity index (χ3v) is 4.32. The van der Waals surface area contributed by atoms with Gasteiger partial charge in [-0.05, 0) is 18.4 Å². The number of carbonyl (C=O) groups excluding carboxylic acids is 3. The second-order valence-corrected chi connectivity index (χ2v) is 5.78. The summed E-state index contributed by atoms with van der Waals surface area (Å²) in [5, 5.41) is -0.149. The van der Waals surface area contributed by atoms with Crippen LogP contribution in [0.1, 0.15) is 13.8 Å². The Balaban J connectivity index is 2.44. The molecule has 0 N–H and O–H groups in total. The lowest BCUT2D eigenvalue weighted by atomic mass is 10.2. The maximum absolute atomic E-state index is 12.5. The summed E-state index contributed by atoms with van der Waals surface area (Å²) in [5.74, 6) is -0.758. The molecule has 106 valence electrons. The molecule has 0 radical (unpaired) electrons. The van der Waals surface area contributed by atoms with E-state index in [1.54, 1.807) is 30.3 Å². The molecule has 2 unspecified atom stereocenters. The first-order valence-electron chi connectivity index (χ1n) is 6.24. The van der Waals surface area contributed by atoms with Crippen molar-refractivity contribution < 1.29 is 14.4 Å². The summed E-state index contributed by atoms with van der Waals surface area (Å²) in [6.07, 6.45) is 1.85. The van der Waals surface area contributed by atoms with E-state index < -0.39 is 18.0 Å². The molecule has 0 spiro atoms. The van der Waals surface area contributed by atoms with E-state index >= 15 is 0 Å².